The van der Waals surface area contributed by atoms with Crippen LogP contribution >= 0.6 is 0 Å². The molecule has 1 heterocycles. The molecular weight excluding hydrogens is 298 g/mol. The molecule has 0 amide bonds. The Balaban J connectivity index is 1.83. The standard InChI is InChI=1S/C21H27NO2/c1-16-7-6-8-18(13-16)19-9-4-3-5-12-22(19)15-17-10-11-21(24-2)20(23)14-17/h6-8,10-11,13-14,19,23H,3-5,9,12,15H2,1-2H3/t19-/m0/s1. The van der Waals surface area contributed by atoms with E-state index >= 15 is 0 Å². The number of rotatable bonds is 4. The fraction of sp³-hybridized carbons (Fsp3) is 0.429. The number of ether oxygens (including phenoxy) is 1. The van der Waals surface area contributed by atoms with Crippen molar-refractivity contribution in [3.8, 4) is 11.5 Å². The van der Waals surface area contributed by atoms with E-state index in [1.165, 1.54) is 36.8 Å². The van der Waals surface area contributed by atoms with Gasteiger partial charge in [-0.05, 0) is 49.6 Å². The first-order chi connectivity index (χ1) is 11.7. The van der Waals surface area contributed by atoms with Crippen molar-refractivity contribution in [1.29, 1.82) is 0 Å². The molecule has 1 aliphatic heterocycles. The van der Waals surface area contributed by atoms with Gasteiger partial charge in [-0.2, -0.15) is 0 Å². The summed E-state index contributed by atoms with van der Waals surface area (Å²) in [4.78, 5) is 2.56. The molecule has 2 aromatic carbocycles. The van der Waals surface area contributed by atoms with Gasteiger partial charge in [0.25, 0.3) is 0 Å². The number of phenols is 1. The zero-order valence-corrected chi connectivity index (χ0v) is 14.7. The average molecular weight is 325 g/mol. The Morgan fingerprint density at radius 3 is 2.75 bits per heavy atom. The van der Waals surface area contributed by atoms with Gasteiger partial charge in [0.1, 0.15) is 0 Å². The molecule has 0 radical (unpaired) electrons. The van der Waals surface area contributed by atoms with E-state index in [4.69, 9.17) is 4.74 Å². The van der Waals surface area contributed by atoms with Crippen molar-refractivity contribution in [3.05, 3.63) is 59.2 Å². The monoisotopic (exact) mass is 325 g/mol. The highest BCUT2D eigenvalue weighted by molar-refractivity contribution is 5.41. The van der Waals surface area contributed by atoms with E-state index in [0.29, 0.717) is 11.8 Å². The third-order valence-electron chi connectivity index (χ3n) is 4.92. The van der Waals surface area contributed by atoms with Crippen LogP contribution in [0.2, 0.25) is 0 Å². The molecule has 24 heavy (non-hydrogen) atoms. The maximum Gasteiger partial charge on any atom is 0.160 e. The van der Waals surface area contributed by atoms with Crippen LogP contribution in [0.5, 0.6) is 11.5 Å². The molecule has 0 aliphatic carbocycles. The predicted molar refractivity (Wildman–Crippen MR) is 97.5 cm³/mol. The lowest BCUT2D eigenvalue weighted by Crippen LogP contribution is -2.28. The van der Waals surface area contributed by atoms with Crippen LogP contribution in [0, 0.1) is 6.92 Å². The summed E-state index contributed by atoms with van der Waals surface area (Å²) in [5, 5.41) is 10.1. The average Bonchev–Trinajstić information content (AvgIpc) is 2.80. The van der Waals surface area contributed by atoms with E-state index in [1.54, 1.807) is 7.11 Å². The molecule has 1 atom stereocenters. The lowest BCUT2D eigenvalue weighted by molar-refractivity contribution is 0.192. The SMILES string of the molecule is COc1ccc(CN2CCCCC[C@H]2c2cccc(C)c2)cc1O. The van der Waals surface area contributed by atoms with Crippen LogP contribution in [0.25, 0.3) is 0 Å². The number of aryl methyl sites for hydroxylation is 1. The van der Waals surface area contributed by atoms with Crippen molar-refractivity contribution in [2.75, 3.05) is 13.7 Å². The highest BCUT2D eigenvalue weighted by Crippen LogP contribution is 2.33. The number of methoxy groups -OCH3 is 1. The minimum Gasteiger partial charge on any atom is -0.504 e. The van der Waals surface area contributed by atoms with Crippen molar-refractivity contribution >= 4 is 0 Å². The topological polar surface area (TPSA) is 32.7 Å². The van der Waals surface area contributed by atoms with Gasteiger partial charge < -0.3 is 9.84 Å². The Hall–Kier alpha value is -2.00. The van der Waals surface area contributed by atoms with Crippen LogP contribution in [0.1, 0.15) is 48.4 Å². The summed E-state index contributed by atoms with van der Waals surface area (Å²) in [6.45, 7) is 4.12. The summed E-state index contributed by atoms with van der Waals surface area (Å²) in [6, 6.07) is 15.1. The van der Waals surface area contributed by atoms with Crippen LogP contribution in [0.15, 0.2) is 42.5 Å². The highest BCUT2D eigenvalue weighted by Gasteiger charge is 2.23. The second kappa shape index (κ2) is 7.71. The van der Waals surface area contributed by atoms with Gasteiger partial charge in [0.05, 0.1) is 7.11 Å². The Morgan fingerprint density at radius 2 is 2.00 bits per heavy atom. The minimum absolute atomic E-state index is 0.219. The van der Waals surface area contributed by atoms with Gasteiger partial charge in [0, 0.05) is 12.6 Å². The Kier molecular flexibility index (Phi) is 5.41. The van der Waals surface area contributed by atoms with Gasteiger partial charge in [-0.3, -0.25) is 4.90 Å². The van der Waals surface area contributed by atoms with Gasteiger partial charge in [-0.1, -0.05) is 48.7 Å². The number of likely N-dealkylation sites (tertiary alicyclic amines) is 1. The van der Waals surface area contributed by atoms with Crippen LogP contribution in [0.4, 0.5) is 0 Å². The molecule has 0 saturated carbocycles. The van der Waals surface area contributed by atoms with Crippen molar-refractivity contribution in [1.82, 2.24) is 4.90 Å². The van der Waals surface area contributed by atoms with Crippen molar-refractivity contribution in [2.45, 2.75) is 45.2 Å². The molecule has 1 saturated heterocycles. The molecule has 128 valence electrons. The van der Waals surface area contributed by atoms with E-state index < -0.39 is 0 Å². The normalized spacial score (nSPS) is 19.0. The van der Waals surface area contributed by atoms with Crippen molar-refractivity contribution in [2.24, 2.45) is 0 Å². The first kappa shape index (κ1) is 16.8. The quantitative estimate of drug-likeness (QED) is 0.874. The summed E-state index contributed by atoms with van der Waals surface area (Å²) in [5.41, 5.74) is 3.86. The number of nitrogens with zero attached hydrogens (tertiary/aromatic N) is 1. The molecule has 3 nitrogen and oxygen atoms in total. The summed E-state index contributed by atoms with van der Waals surface area (Å²) in [5.74, 6) is 0.752. The molecule has 3 rings (SSSR count). The van der Waals surface area contributed by atoms with Crippen molar-refractivity contribution in [3.63, 3.8) is 0 Å². The lowest BCUT2D eigenvalue weighted by atomic mass is 9.98. The van der Waals surface area contributed by atoms with Gasteiger partial charge >= 0.3 is 0 Å². The molecule has 1 N–H and O–H groups in total. The Morgan fingerprint density at radius 1 is 1.12 bits per heavy atom. The molecule has 0 bridgehead atoms. The Labute approximate surface area is 144 Å². The molecule has 1 aliphatic rings. The van der Waals surface area contributed by atoms with Crippen LogP contribution < -0.4 is 4.74 Å². The van der Waals surface area contributed by atoms with E-state index in [9.17, 15) is 5.11 Å². The first-order valence-corrected chi connectivity index (χ1v) is 8.84. The fourth-order valence-electron chi connectivity index (χ4n) is 3.68. The van der Waals surface area contributed by atoms with Crippen LogP contribution in [0.3, 0.4) is 0 Å². The molecule has 0 aromatic heterocycles. The predicted octanol–water partition coefficient (Wildman–Crippen LogP) is 4.83. The third kappa shape index (κ3) is 3.90. The van der Waals surface area contributed by atoms with E-state index in [-0.39, 0.29) is 5.75 Å². The fourth-order valence-corrected chi connectivity index (χ4v) is 3.68. The molecule has 0 unspecified atom stereocenters. The third-order valence-corrected chi connectivity index (χ3v) is 4.92. The number of aromatic hydroxyl groups is 1. The summed E-state index contributed by atoms with van der Waals surface area (Å²) < 4.78 is 5.15. The maximum atomic E-state index is 10.1. The molecular formula is C21H27NO2. The summed E-state index contributed by atoms with van der Waals surface area (Å²) in [7, 11) is 1.58. The summed E-state index contributed by atoms with van der Waals surface area (Å²) in [6.07, 6.45) is 5.02. The first-order valence-electron chi connectivity index (χ1n) is 8.84. The zero-order chi connectivity index (χ0) is 16.9. The van der Waals surface area contributed by atoms with E-state index in [1.807, 2.05) is 12.1 Å². The molecule has 0 spiro atoms. The number of hydrogen-bond donors (Lipinski definition) is 1. The van der Waals surface area contributed by atoms with Gasteiger partial charge in [-0.15, -0.1) is 0 Å². The highest BCUT2D eigenvalue weighted by atomic mass is 16.5. The van der Waals surface area contributed by atoms with Gasteiger partial charge in [0.2, 0.25) is 0 Å². The smallest absolute Gasteiger partial charge is 0.160 e. The molecule has 2 aromatic rings. The minimum atomic E-state index is 0.219. The maximum absolute atomic E-state index is 10.1. The molecule has 3 heteroatoms. The van der Waals surface area contributed by atoms with Crippen molar-refractivity contribution < 1.29 is 9.84 Å². The summed E-state index contributed by atoms with van der Waals surface area (Å²) >= 11 is 0. The van der Waals surface area contributed by atoms with Crippen LogP contribution in [-0.2, 0) is 6.54 Å². The number of phenolic OH excluding ortho intramolecular Hbond substituents is 1. The number of hydrogen-bond acceptors (Lipinski definition) is 3. The second-order valence-electron chi connectivity index (χ2n) is 6.76. The van der Waals surface area contributed by atoms with Gasteiger partial charge in [0.15, 0.2) is 11.5 Å². The number of benzene rings is 2. The zero-order valence-electron chi connectivity index (χ0n) is 14.7. The second-order valence-corrected chi connectivity index (χ2v) is 6.76. The lowest BCUT2D eigenvalue weighted by Gasteiger charge is -2.30. The van der Waals surface area contributed by atoms with Crippen LogP contribution in [-0.4, -0.2) is 23.7 Å². The van der Waals surface area contributed by atoms with E-state index in [2.05, 4.69) is 42.2 Å². The van der Waals surface area contributed by atoms with E-state index in [0.717, 1.165) is 18.7 Å². The van der Waals surface area contributed by atoms with Gasteiger partial charge in [-0.25, -0.2) is 0 Å². The molecule has 1 fully saturated rings. The largest absolute Gasteiger partial charge is 0.504 e. The Bertz CT molecular complexity index is 683.